The fourth-order valence-electron chi connectivity index (χ4n) is 2.42. The summed E-state index contributed by atoms with van der Waals surface area (Å²) in [6.45, 7) is 3.18. The van der Waals surface area contributed by atoms with Crippen molar-refractivity contribution in [1.82, 2.24) is 9.97 Å². The van der Waals surface area contributed by atoms with Gasteiger partial charge in [-0.25, -0.2) is 4.98 Å². The number of methoxy groups -OCH3 is 1. The van der Waals surface area contributed by atoms with Crippen LogP contribution in [-0.4, -0.2) is 43.4 Å². The van der Waals surface area contributed by atoms with E-state index in [0.717, 1.165) is 37.6 Å². The molecule has 2 N–H and O–H groups in total. The van der Waals surface area contributed by atoms with E-state index in [1.807, 2.05) is 24.4 Å². The highest BCUT2D eigenvalue weighted by Gasteiger charge is 2.15. The first-order valence-electron chi connectivity index (χ1n) is 6.87. The fourth-order valence-corrected chi connectivity index (χ4v) is 2.42. The molecule has 6 heteroatoms. The Hall–Kier alpha value is -2.34. The molecule has 1 aliphatic heterocycles. The number of anilines is 2. The maximum absolute atomic E-state index is 6.18. The van der Waals surface area contributed by atoms with Crippen molar-refractivity contribution in [3.05, 3.63) is 30.6 Å². The Morgan fingerprint density at radius 2 is 2.10 bits per heavy atom. The molecule has 0 atom stereocenters. The van der Waals surface area contributed by atoms with Crippen LogP contribution >= 0.6 is 0 Å². The average Bonchev–Trinajstić information content (AvgIpc) is 2.55. The summed E-state index contributed by atoms with van der Waals surface area (Å²) in [6, 6.07) is 5.69. The molecule has 2 aromatic heterocycles. The molecule has 3 rings (SSSR count). The third kappa shape index (κ3) is 2.75. The molecular weight excluding hydrogens is 268 g/mol. The molecule has 3 heterocycles. The van der Waals surface area contributed by atoms with Gasteiger partial charge in [0.15, 0.2) is 0 Å². The van der Waals surface area contributed by atoms with Crippen LogP contribution < -0.4 is 15.4 Å². The summed E-state index contributed by atoms with van der Waals surface area (Å²) in [6.07, 6.45) is 3.52. The zero-order valence-electron chi connectivity index (χ0n) is 12.0. The van der Waals surface area contributed by atoms with Gasteiger partial charge in [0.05, 0.1) is 49.2 Å². The van der Waals surface area contributed by atoms with Crippen molar-refractivity contribution < 1.29 is 9.47 Å². The maximum atomic E-state index is 6.18. The molecule has 0 aromatic carbocycles. The highest BCUT2D eigenvalue weighted by Crippen LogP contribution is 2.32. The van der Waals surface area contributed by atoms with E-state index in [0.29, 0.717) is 17.3 Å². The minimum atomic E-state index is 0.524. The first kappa shape index (κ1) is 13.6. The number of rotatable bonds is 3. The second-order valence-corrected chi connectivity index (χ2v) is 4.79. The minimum Gasteiger partial charge on any atom is -0.481 e. The zero-order valence-corrected chi connectivity index (χ0v) is 12.0. The standard InChI is InChI=1S/C15H18N4O2/c1-20-15-12(3-2-4-17-15)14-13(16)9-11(10-18-14)19-5-7-21-8-6-19/h2-4,9-10H,5-8,16H2,1H3. The van der Waals surface area contributed by atoms with Crippen molar-refractivity contribution in [2.45, 2.75) is 0 Å². The van der Waals surface area contributed by atoms with Crippen molar-refractivity contribution in [2.24, 2.45) is 0 Å². The fraction of sp³-hybridized carbons (Fsp3) is 0.333. The molecule has 110 valence electrons. The van der Waals surface area contributed by atoms with Gasteiger partial charge in [0, 0.05) is 19.3 Å². The van der Waals surface area contributed by atoms with Crippen LogP contribution in [0.3, 0.4) is 0 Å². The summed E-state index contributed by atoms with van der Waals surface area (Å²) < 4.78 is 10.6. The van der Waals surface area contributed by atoms with Gasteiger partial charge in [-0.1, -0.05) is 0 Å². The lowest BCUT2D eigenvalue weighted by atomic mass is 10.1. The van der Waals surface area contributed by atoms with Crippen molar-refractivity contribution >= 4 is 11.4 Å². The predicted octanol–water partition coefficient (Wildman–Crippen LogP) is 1.57. The summed E-state index contributed by atoms with van der Waals surface area (Å²) in [5, 5.41) is 0. The van der Waals surface area contributed by atoms with Crippen molar-refractivity contribution in [2.75, 3.05) is 44.0 Å². The van der Waals surface area contributed by atoms with E-state index >= 15 is 0 Å². The molecule has 0 bridgehead atoms. The van der Waals surface area contributed by atoms with E-state index < -0.39 is 0 Å². The molecule has 6 nitrogen and oxygen atoms in total. The van der Waals surface area contributed by atoms with E-state index in [4.69, 9.17) is 15.2 Å². The third-order valence-corrected chi connectivity index (χ3v) is 3.50. The first-order valence-corrected chi connectivity index (χ1v) is 6.87. The number of morpholine rings is 1. The van der Waals surface area contributed by atoms with Gasteiger partial charge in [0.2, 0.25) is 5.88 Å². The Morgan fingerprint density at radius 1 is 1.29 bits per heavy atom. The first-order chi connectivity index (χ1) is 10.3. The van der Waals surface area contributed by atoms with Crippen LogP contribution in [0.25, 0.3) is 11.3 Å². The molecule has 2 aromatic rings. The Morgan fingerprint density at radius 3 is 2.81 bits per heavy atom. The topological polar surface area (TPSA) is 73.5 Å². The predicted molar refractivity (Wildman–Crippen MR) is 81.5 cm³/mol. The Labute approximate surface area is 123 Å². The van der Waals surface area contributed by atoms with E-state index in [1.54, 1.807) is 13.3 Å². The van der Waals surface area contributed by atoms with Crippen LogP contribution in [0.1, 0.15) is 0 Å². The number of nitrogens with zero attached hydrogens (tertiary/aromatic N) is 3. The Balaban J connectivity index is 1.94. The molecule has 0 radical (unpaired) electrons. The number of ether oxygens (including phenoxy) is 2. The summed E-state index contributed by atoms with van der Waals surface area (Å²) >= 11 is 0. The van der Waals surface area contributed by atoms with Crippen LogP contribution in [0.4, 0.5) is 11.4 Å². The second-order valence-electron chi connectivity index (χ2n) is 4.79. The largest absolute Gasteiger partial charge is 0.481 e. The number of hydrogen-bond acceptors (Lipinski definition) is 6. The average molecular weight is 286 g/mol. The second kappa shape index (κ2) is 5.97. The molecule has 21 heavy (non-hydrogen) atoms. The quantitative estimate of drug-likeness (QED) is 0.923. The van der Waals surface area contributed by atoms with Crippen molar-refractivity contribution in [1.29, 1.82) is 0 Å². The molecule has 1 saturated heterocycles. The molecule has 0 unspecified atom stereocenters. The van der Waals surface area contributed by atoms with E-state index in [1.165, 1.54) is 0 Å². The molecule has 0 amide bonds. The van der Waals surface area contributed by atoms with Crippen molar-refractivity contribution in [3.8, 4) is 17.1 Å². The summed E-state index contributed by atoms with van der Waals surface area (Å²) in [7, 11) is 1.59. The lowest BCUT2D eigenvalue weighted by Gasteiger charge is -2.28. The van der Waals surface area contributed by atoms with Gasteiger partial charge in [-0.2, -0.15) is 0 Å². The number of nitrogen functional groups attached to an aromatic ring is 1. The molecule has 1 fully saturated rings. The summed E-state index contributed by atoms with van der Waals surface area (Å²) in [5.41, 5.74) is 9.30. The minimum absolute atomic E-state index is 0.524. The van der Waals surface area contributed by atoms with Crippen LogP contribution in [0.5, 0.6) is 5.88 Å². The SMILES string of the molecule is COc1ncccc1-c1ncc(N2CCOCC2)cc1N. The van der Waals surface area contributed by atoms with Gasteiger partial charge in [-0.05, 0) is 18.2 Å². The Kier molecular flexibility index (Phi) is 3.87. The molecular formula is C15H18N4O2. The van der Waals surface area contributed by atoms with Gasteiger partial charge in [-0.15, -0.1) is 0 Å². The van der Waals surface area contributed by atoms with Gasteiger partial charge in [-0.3, -0.25) is 4.98 Å². The normalized spacial score (nSPS) is 15.0. The van der Waals surface area contributed by atoms with E-state index in [2.05, 4.69) is 14.9 Å². The van der Waals surface area contributed by atoms with E-state index in [-0.39, 0.29) is 0 Å². The van der Waals surface area contributed by atoms with Crippen LogP contribution in [0.2, 0.25) is 0 Å². The van der Waals surface area contributed by atoms with E-state index in [9.17, 15) is 0 Å². The molecule has 0 saturated carbocycles. The molecule has 0 aliphatic carbocycles. The van der Waals surface area contributed by atoms with Gasteiger partial charge in [0.1, 0.15) is 0 Å². The molecule has 1 aliphatic rings. The number of pyridine rings is 2. The Bertz CT molecular complexity index is 627. The number of nitrogens with two attached hydrogens (primary N) is 1. The lowest BCUT2D eigenvalue weighted by molar-refractivity contribution is 0.122. The summed E-state index contributed by atoms with van der Waals surface area (Å²) in [4.78, 5) is 10.9. The smallest absolute Gasteiger partial charge is 0.222 e. The lowest BCUT2D eigenvalue weighted by Crippen LogP contribution is -2.36. The van der Waals surface area contributed by atoms with Crippen LogP contribution in [0.15, 0.2) is 30.6 Å². The highest BCUT2D eigenvalue weighted by atomic mass is 16.5. The van der Waals surface area contributed by atoms with Gasteiger partial charge >= 0.3 is 0 Å². The molecule has 0 spiro atoms. The number of aromatic nitrogens is 2. The van der Waals surface area contributed by atoms with Gasteiger partial charge < -0.3 is 20.1 Å². The maximum Gasteiger partial charge on any atom is 0.222 e. The van der Waals surface area contributed by atoms with Crippen molar-refractivity contribution in [3.63, 3.8) is 0 Å². The van der Waals surface area contributed by atoms with Crippen LogP contribution in [-0.2, 0) is 4.74 Å². The zero-order chi connectivity index (χ0) is 14.7. The highest BCUT2D eigenvalue weighted by molar-refractivity contribution is 5.78. The van der Waals surface area contributed by atoms with Crippen LogP contribution in [0, 0.1) is 0 Å². The monoisotopic (exact) mass is 286 g/mol. The third-order valence-electron chi connectivity index (χ3n) is 3.50. The van der Waals surface area contributed by atoms with Gasteiger partial charge in [0.25, 0.3) is 0 Å². The summed E-state index contributed by atoms with van der Waals surface area (Å²) in [5.74, 6) is 0.524. The number of hydrogen-bond donors (Lipinski definition) is 1.